The van der Waals surface area contributed by atoms with Crippen molar-refractivity contribution in [3.05, 3.63) is 106 Å². The van der Waals surface area contributed by atoms with Gasteiger partial charge in [-0.2, -0.15) is 0 Å². The summed E-state index contributed by atoms with van der Waals surface area (Å²) < 4.78 is 27.0. The molecule has 0 bridgehead atoms. The molecule has 2 aromatic heterocycles. The summed E-state index contributed by atoms with van der Waals surface area (Å²) in [7, 11) is 1.62. The molecular weight excluding hydrogens is 523 g/mol. The third-order valence-corrected chi connectivity index (χ3v) is 7.30. The van der Waals surface area contributed by atoms with E-state index in [4.69, 9.17) is 33.3 Å². The highest BCUT2D eigenvalue weighted by atomic mass is 35.5. The van der Waals surface area contributed by atoms with Crippen molar-refractivity contribution in [2.75, 3.05) is 25.2 Å². The maximum Gasteiger partial charge on any atom is 0.174 e. The fourth-order valence-corrected chi connectivity index (χ4v) is 5.62. The normalized spacial score (nSPS) is 17.1. The lowest BCUT2D eigenvalue weighted by molar-refractivity contribution is 0.146. The Morgan fingerprint density at radius 3 is 2.58 bits per heavy atom. The van der Waals surface area contributed by atoms with Crippen molar-refractivity contribution in [1.29, 1.82) is 0 Å². The molecule has 4 aromatic rings. The smallest absolute Gasteiger partial charge is 0.174 e. The van der Waals surface area contributed by atoms with Crippen LogP contribution in [0.1, 0.15) is 34.7 Å². The third kappa shape index (κ3) is 4.99. The van der Waals surface area contributed by atoms with Crippen LogP contribution in [0.15, 0.2) is 72.9 Å². The van der Waals surface area contributed by atoms with Gasteiger partial charge in [-0.15, -0.1) is 0 Å². The molecule has 0 radical (unpaired) electrons. The quantitative estimate of drug-likeness (QED) is 0.200. The molecule has 1 aliphatic heterocycles. The summed E-state index contributed by atoms with van der Waals surface area (Å²) in [6.45, 7) is 4.93. The fourth-order valence-electron chi connectivity index (χ4n) is 5.04. The molecule has 9 heteroatoms. The lowest BCUT2D eigenvalue weighted by Crippen LogP contribution is -2.29. The summed E-state index contributed by atoms with van der Waals surface area (Å²) in [5.41, 5.74) is 5.48. The van der Waals surface area contributed by atoms with Crippen molar-refractivity contribution < 1.29 is 13.9 Å². The molecule has 2 aromatic carbocycles. The van der Waals surface area contributed by atoms with Crippen molar-refractivity contribution in [3.63, 3.8) is 0 Å². The molecule has 38 heavy (non-hydrogen) atoms. The standard InChI is InChI=1S/C29H28ClFN4O2S/c1-18-15-23(19(2)34(18)21-8-6-7-20(31)16-21)28-27(25-9-4-5-12-32-25)33-29(38)35(28)22-10-11-26(24(30)17-22)37-14-13-36-3/h4-12,15-17,27-28H,13-14H2,1-3H3,(H,33,38)/t27-,28+/m1/s1. The lowest BCUT2D eigenvalue weighted by atomic mass is 9.96. The first kappa shape index (κ1) is 26.2. The highest BCUT2D eigenvalue weighted by Crippen LogP contribution is 2.45. The SMILES string of the molecule is COCCOc1ccc(N2C(=S)N[C@H](c3ccccn3)[C@@H]2c2cc(C)n(-c3cccc(F)c3)c2C)cc1Cl. The average Bonchev–Trinajstić information content (AvgIpc) is 3.40. The molecule has 196 valence electrons. The van der Waals surface area contributed by atoms with Gasteiger partial charge in [0.2, 0.25) is 0 Å². The Morgan fingerprint density at radius 2 is 1.87 bits per heavy atom. The van der Waals surface area contributed by atoms with E-state index in [0.29, 0.717) is 29.1 Å². The highest BCUT2D eigenvalue weighted by molar-refractivity contribution is 7.80. The molecule has 0 saturated carbocycles. The molecule has 0 unspecified atom stereocenters. The fraction of sp³-hybridized carbons (Fsp3) is 0.241. The van der Waals surface area contributed by atoms with Crippen LogP contribution in [0.3, 0.4) is 0 Å². The first-order valence-electron chi connectivity index (χ1n) is 12.3. The van der Waals surface area contributed by atoms with Gasteiger partial charge in [-0.05, 0) is 86.2 Å². The van der Waals surface area contributed by atoms with Gasteiger partial charge < -0.3 is 24.3 Å². The largest absolute Gasteiger partial charge is 0.490 e. The number of ether oxygens (including phenoxy) is 2. The Labute approximate surface area is 232 Å². The maximum absolute atomic E-state index is 14.1. The molecule has 1 N–H and O–H groups in total. The van der Waals surface area contributed by atoms with E-state index in [2.05, 4.69) is 25.8 Å². The molecule has 5 rings (SSSR count). The molecule has 2 atom stereocenters. The summed E-state index contributed by atoms with van der Waals surface area (Å²) in [6, 6.07) is 19.8. The first-order valence-corrected chi connectivity index (χ1v) is 13.0. The number of rotatable bonds is 8. The molecule has 1 saturated heterocycles. The summed E-state index contributed by atoms with van der Waals surface area (Å²) in [6.07, 6.45) is 1.78. The number of aryl methyl sites for hydroxylation is 1. The molecule has 0 amide bonds. The summed E-state index contributed by atoms with van der Waals surface area (Å²) in [5, 5.41) is 4.52. The van der Waals surface area contributed by atoms with Crippen molar-refractivity contribution in [3.8, 4) is 11.4 Å². The van der Waals surface area contributed by atoms with Crippen LogP contribution in [-0.2, 0) is 4.74 Å². The zero-order valence-corrected chi connectivity index (χ0v) is 22.9. The Kier molecular flexibility index (Phi) is 7.65. The number of hydrogen-bond donors (Lipinski definition) is 1. The number of anilines is 1. The van der Waals surface area contributed by atoms with E-state index < -0.39 is 0 Å². The van der Waals surface area contributed by atoms with E-state index in [1.54, 1.807) is 19.4 Å². The van der Waals surface area contributed by atoms with Crippen LogP contribution in [0, 0.1) is 19.7 Å². The second-order valence-electron chi connectivity index (χ2n) is 9.09. The van der Waals surface area contributed by atoms with E-state index in [-0.39, 0.29) is 17.9 Å². The van der Waals surface area contributed by atoms with Gasteiger partial charge in [0.05, 0.1) is 29.4 Å². The number of thiocarbonyl (C=S) groups is 1. The number of methoxy groups -OCH3 is 1. The Morgan fingerprint density at radius 1 is 1.03 bits per heavy atom. The minimum Gasteiger partial charge on any atom is -0.490 e. The molecule has 0 spiro atoms. The van der Waals surface area contributed by atoms with Crippen LogP contribution in [0.2, 0.25) is 5.02 Å². The van der Waals surface area contributed by atoms with Crippen molar-refractivity contribution in [2.45, 2.75) is 25.9 Å². The molecule has 1 aliphatic rings. The van der Waals surface area contributed by atoms with Gasteiger partial charge in [0.1, 0.15) is 18.2 Å². The van der Waals surface area contributed by atoms with Crippen LogP contribution < -0.4 is 15.0 Å². The van der Waals surface area contributed by atoms with E-state index >= 15 is 0 Å². The third-order valence-electron chi connectivity index (χ3n) is 6.69. The van der Waals surface area contributed by atoms with Crippen LogP contribution >= 0.6 is 23.8 Å². The lowest BCUT2D eigenvalue weighted by Gasteiger charge is -2.28. The van der Waals surface area contributed by atoms with Crippen molar-refractivity contribution in [1.82, 2.24) is 14.9 Å². The first-order chi connectivity index (χ1) is 18.4. The minimum atomic E-state index is -0.282. The molecule has 1 fully saturated rings. The predicted molar refractivity (Wildman–Crippen MR) is 152 cm³/mol. The summed E-state index contributed by atoms with van der Waals surface area (Å²) in [5.74, 6) is 0.295. The number of nitrogens with zero attached hydrogens (tertiary/aromatic N) is 3. The zero-order valence-electron chi connectivity index (χ0n) is 21.3. The Hall–Kier alpha value is -3.46. The average molecular weight is 551 g/mol. The van der Waals surface area contributed by atoms with E-state index in [9.17, 15) is 4.39 Å². The topological polar surface area (TPSA) is 51.6 Å². The Balaban J connectivity index is 1.61. The van der Waals surface area contributed by atoms with E-state index in [0.717, 1.165) is 34.0 Å². The van der Waals surface area contributed by atoms with Crippen molar-refractivity contribution in [2.24, 2.45) is 0 Å². The van der Waals surface area contributed by atoms with Gasteiger partial charge in [-0.25, -0.2) is 4.39 Å². The van der Waals surface area contributed by atoms with Gasteiger partial charge >= 0.3 is 0 Å². The molecule has 6 nitrogen and oxygen atoms in total. The molecule has 0 aliphatic carbocycles. The van der Waals surface area contributed by atoms with Crippen LogP contribution in [0.25, 0.3) is 5.69 Å². The monoisotopic (exact) mass is 550 g/mol. The highest BCUT2D eigenvalue weighted by Gasteiger charge is 2.42. The number of aromatic nitrogens is 2. The van der Waals surface area contributed by atoms with Crippen molar-refractivity contribution >= 4 is 34.6 Å². The van der Waals surface area contributed by atoms with Gasteiger partial charge in [0.15, 0.2) is 5.11 Å². The van der Waals surface area contributed by atoms with Crippen LogP contribution in [-0.4, -0.2) is 35.0 Å². The second-order valence-corrected chi connectivity index (χ2v) is 9.89. The van der Waals surface area contributed by atoms with Gasteiger partial charge in [-0.1, -0.05) is 23.7 Å². The number of benzene rings is 2. The maximum atomic E-state index is 14.1. The van der Waals surface area contributed by atoms with Crippen LogP contribution in [0.4, 0.5) is 10.1 Å². The predicted octanol–water partition coefficient (Wildman–Crippen LogP) is 6.48. The van der Waals surface area contributed by atoms with Gasteiger partial charge in [0, 0.05) is 36.1 Å². The van der Waals surface area contributed by atoms with E-state index in [1.165, 1.54) is 12.1 Å². The van der Waals surface area contributed by atoms with Gasteiger partial charge in [0.25, 0.3) is 0 Å². The molecular formula is C29H28ClFN4O2S. The minimum absolute atomic E-state index is 0.221. The zero-order chi connectivity index (χ0) is 26.8. The number of nitrogens with one attached hydrogen (secondary N) is 1. The van der Waals surface area contributed by atoms with E-state index in [1.807, 2.05) is 56.3 Å². The molecule has 3 heterocycles. The summed E-state index contributed by atoms with van der Waals surface area (Å²) >= 11 is 12.5. The summed E-state index contributed by atoms with van der Waals surface area (Å²) in [4.78, 5) is 6.70. The van der Waals surface area contributed by atoms with Crippen LogP contribution in [0.5, 0.6) is 5.75 Å². The number of halogens is 2. The Bertz CT molecular complexity index is 1460. The second kappa shape index (κ2) is 11.1. The van der Waals surface area contributed by atoms with Gasteiger partial charge in [-0.3, -0.25) is 4.98 Å². The number of pyridine rings is 1. The number of hydrogen-bond acceptors (Lipinski definition) is 4.